The van der Waals surface area contributed by atoms with Crippen molar-refractivity contribution >= 4 is 23.1 Å². The molecule has 0 nitrogen and oxygen atoms in total. The van der Waals surface area contributed by atoms with Gasteiger partial charge in [0.2, 0.25) is 0 Å². The van der Waals surface area contributed by atoms with Gasteiger partial charge in [0, 0.05) is 58.3 Å². The third-order valence-electron chi connectivity index (χ3n) is 0. The minimum absolute atomic E-state index is 0. The molecular formula is H3LiMgMnTiZn. The van der Waals surface area contributed by atoms with Crippen LogP contribution in [0.2, 0.25) is 0 Å². The second-order valence-corrected chi connectivity index (χ2v) is 0. The van der Waals surface area contributed by atoms with E-state index in [0.29, 0.717) is 0 Å². The van der Waals surface area contributed by atoms with Gasteiger partial charge in [-0.25, -0.2) is 0 Å². The van der Waals surface area contributed by atoms with E-state index in [0.717, 1.165) is 0 Å². The van der Waals surface area contributed by atoms with E-state index < -0.39 is 0 Å². The van der Waals surface area contributed by atoms with Crippen LogP contribution in [0.3, 0.4) is 0 Å². The molecule has 0 fully saturated rings. The van der Waals surface area contributed by atoms with Gasteiger partial charge < -0.3 is 4.28 Å². The van der Waals surface area contributed by atoms with Crippen LogP contribution in [0.25, 0.3) is 0 Å². The van der Waals surface area contributed by atoms with E-state index >= 15 is 0 Å². The maximum atomic E-state index is 0. The summed E-state index contributed by atoms with van der Waals surface area (Å²) in [6.45, 7) is 0. The van der Waals surface area contributed by atoms with Gasteiger partial charge in [0.25, 0.3) is 0 Å². The molecule has 0 bridgehead atoms. The van der Waals surface area contributed by atoms with Crippen molar-refractivity contribution in [2.24, 2.45) is 0 Å². The Bertz CT molecular complexity index is 19.2. The standard InChI is InChI=1S/Li.Mg.Mn.Ti.Zn.3H/q+1;+2;;;;3*-1. The van der Waals surface area contributed by atoms with E-state index in [-0.39, 0.29) is 104 Å². The summed E-state index contributed by atoms with van der Waals surface area (Å²) in [5.74, 6) is 0. The van der Waals surface area contributed by atoms with E-state index in [1.165, 1.54) is 0 Å². The largest absolute Gasteiger partial charge is 2.00 e. The van der Waals surface area contributed by atoms with Crippen LogP contribution in [0.15, 0.2) is 0 Å². The van der Waals surface area contributed by atoms with Gasteiger partial charge in [-0.1, -0.05) is 0 Å². The SMILES string of the molecule is [H-].[H-].[H-].[Li+].[Mg+2].[Mn].[Ti].[Zn]. The van der Waals surface area contributed by atoms with E-state index in [2.05, 4.69) is 0 Å². The molecule has 5 heteroatoms. The Morgan fingerprint density at radius 1 is 1.20 bits per heavy atom. The molecule has 0 saturated heterocycles. The molecule has 0 aromatic rings. The fraction of sp³-hybridized carbons (Fsp3) is 0. The Hall–Kier alpha value is 3.22. The molecule has 0 saturated carbocycles. The van der Waals surface area contributed by atoms with Gasteiger partial charge in [-0.2, -0.15) is 0 Å². The molecule has 0 amide bonds. The van der Waals surface area contributed by atoms with Crippen molar-refractivity contribution < 1.29 is 81.4 Å². The van der Waals surface area contributed by atoms with Crippen LogP contribution in [0.1, 0.15) is 4.28 Å². The molecule has 0 unspecified atom stereocenters. The van der Waals surface area contributed by atoms with E-state index in [1.54, 1.807) is 0 Å². The first-order valence-corrected chi connectivity index (χ1v) is 0. The Morgan fingerprint density at radius 2 is 1.20 bits per heavy atom. The first kappa shape index (κ1) is 41.3. The zero-order chi connectivity index (χ0) is 0. The van der Waals surface area contributed by atoms with Gasteiger partial charge in [-0.15, -0.1) is 0 Å². The Labute approximate surface area is 103 Å². The molecule has 0 rings (SSSR count). The molecule has 0 aromatic carbocycles. The molecule has 1 radical (unpaired) electrons. The molecule has 19 valence electrons. The molecule has 0 aliphatic carbocycles. The fourth-order valence-corrected chi connectivity index (χ4v) is 0. The van der Waals surface area contributed by atoms with Crippen molar-refractivity contribution in [3.8, 4) is 0 Å². The van der Waals surface area contributed by atoms with Crippen molar-refractivity contribution in [3.63, 3.8) is 0 Å². The predicted molar refractivity (Wildman–Crippen MR) is 9.09 cm³/mol. The number of rotatable bonds is 0. The molecule has 0 aliphatic heterocycles. The fourth-order valence-electron chi connectivity index (χ4n) is 0. The number of hydrogen-bond donors (Lipinski definition) is 0. The van der Waals surface area contributed by atoms with Crippen LogP contribution in [0.4, 0.5) is 0 Å². The van der Waals surface area contributed by atoms with Crippen molar-refractivity contribution in [1.29, 1.82) is 0 Å². The van der Waals surface area contributed by atoms with Crippen LogP contribution in [0, 0.1) is 0 Å². The van der Waals surface area contributed by atoms with E-state index in [4.69, 9.17) is 0 Å². The monoisotopic (exact) mass is 201 g/mol. The zero-order valence-electron chi connectivity index (χ0n) is 6.29. The molecular weight excluding hydrogens is 199 g/mol. The molecule has 0 spiro atoms. The van der Waals surface area contributed by atoms with Gasteiger partial charge in [0.05, 0.1) is 0 Å². The molecule has 0 aromatic heterocycles. The van der Waals surface area contributed by atoms with Crippen molar-refractivity contribution in [1.82, 2.24) is 0 Å². The summed E-state index contributed by atoms with van der Waals surface area (Å²) >= 11 is 0. The molecule has 0 N–H and O–H groups in total. The third-order valence-corrected chi connectivity index (χ3v) is 0. The minimum atomic E-state index is 0. The first-order chi connectivity index (χ1) is 0. The van der Waals surface area contributed by atoms with Crippen LogP contribution in [0.5, 0.6) is 0 Å². The van der Waals surface area contributed by atoms with Gasteiger partial charge >= 0.3 is 41.9 Å². The molecule has 0 heterocycles. The van der Waals surface area contributed by atoms with Crippen molar-refractivity contribution in [3.05, 3.63) is 0 Å². The smallest absolute Gasteiger partial charge is 1.00 e. The second-order valence-electron chi connectivity index (χ2n) is 0. The maximum Gasteiger partial charge on any atom is 2.00 e. The quantitative estimate of drug-likeness (QED) is 0.366. The van der Waals surface area contributed by atoms with Gasteiger partial charge in [0.15, 0.2) is 0 Å². The van der Waals surface area contributed by atoms with Crippen molar-refractivity contribution in [2.45, 2.75) is 0 Å². The summed E-state index contributed by atoms with van der Waals surface area (Å²) < 4.78 is 0. The molecule has 5 heavy (non-hydrogen) atoms. The summed E-state index contributed by atoms with van der Waals surface area (Å²) in [7, 11) is 0. The summed E-state index contributed by atoms with van der Waals surface area (Å²) in [6.07, 6.45) is 0. The molecule has 0 aliphatic rings. The maximum absolute atomic E-state index is 0. The number of hydrogen-bond acceptors (Lipinski definition) is 0. The molecule has 0 atom stereocenters. The van der Waals surface area contributed by atoms with Crippen LogP contribution < -0.4 is 18.9 Å². The van der Waals surface area contributed by atoms with Crippen LogP contribution in [-0.4, -0.2) is 23.1 Å². The normalized spacial score (nSPS) is 0. The summed E-state index contributed by atoms with van der Waals surface area (Å²) in [6, 6.07) is 0. The Balaban J connectivity index is 0. The van der Waals surface area contributed by atoms with Gasteiger partial charge in [-0.3, -0.25) is 0 Å². The summed E-state index contributed by atoms with van der Waals surface area (Å²) in [4.78, 5) is 0. The van der Waals surface area contributed by atoms with Gasteiger partial charge in [0.1, 0.15) is 0 Å². The van der Waals surface area contributed by atoms with Crippen LogP contribution in [-0.2, 0) is 58.3 Å². The van der Waals surface area contributed by atoms with Crippen molar-refractivity contribution in [2.75, 3.05) is 0 Å². The Morgan fingerprint density at radius 3 is 1.20 bits per heavy atom. The average Bonchev–Trinajstić information content (AvgIpc) is 0. The van der Waals surface area contributed by atoms with Crippen LogP contribution >= 0.6 is 0 Å². The average molecular weight is 202 g/mol. The topological polar surface area (TPSA) is 0 Å². The first-order valence-electron chi connectivity index (χ1n) is 0. The van der Waals surface area contributed by atoms with E-state index in [9.17, 15) is 0 Å². The third kappa shape index (κ3) is 19.0. The van der Waals surface area contributed by atoms with E-state index in [1.807, 2.05) is 0 Å². The predicted octanol–water partition coefficient (Wildman–Crippen LogP) is -3.05. The zero-order valence-corrected chi connectivity index (χ0v) is 10.4. The second kappa shape index (κ2) is 26.9. The Kier molecular flexibility index (Phi) is 223. The summed E-state index contributed by atoms with van der Waals surface area (Å²) in [5, 5.41) is 0. The minimum Gasteiger partial charge on any atom is -1.00 e. The summed E-state index contributed by atoms with van der Waals surface area (Å²) in [5.41, 5.74) is 0. The van der Waals surface area contributed by atoms with Gasteiger partial charge in [-0.05, 0) is 0 Å².